The smallest absolute Gasteiger partial charge is 0.269 e. The first-order valence-electron chi connectivity index (χ1n) is 9.00. The van der Waals surface area contributed by atoms with E-state index in [-0.39, 0.29) is 18.0 Å². The quantitative estimate of drug-likeness (QED) is 0.415. The van der Waals surface area contributed by atoms with Crippen LogP contribution in [0, 0.1) is 10.1 Å². The molecule has 0 unspecified atom stereocenters. The Morgan fingerprint density at radius 3 is 2.48 bits per heavy atom. The lowest BCUT2D eigenvalue weighted by atomic mass is 10.2. The van der Waals surface area contributed by atoms with Crippen molar-refractivity contribution in [1.29, 1.82) is 0 Å². The number of amides is 1. The molecule has 1 aliphatic rings. The van der Waals surface area contributed by atoms with Crippen LogP contribution in [-0.4, -0.2) is 36.0 Å². The van der Waals surface area contributed by atoms with Gasteiger partial charge in [-0.2, -0.15) is 5.10 Å². The highest BCUT2D eigenvalue weighted by atomic mass is 16.7. The standard InChI is InChI=1S/C20H21N3O6/c1-20(28-10-11-29-20)12-19(24)22-21-13-15-4-8-18(9-5-15)27-14-16-2-6-17(7-3-16)23(25)26/h2-9,13H,10-12,14H2,1H3,(H,22,24)/b21-13+. The number of hydrogen-bond acceptors (Lipinski definition) is 7. The average molecular weight is 399 g/mol. The monoisotopic (exact) mass is 399 g/mol. The maximum Gasteiger partial charge on any atom is 0.269 e. The molecule has 0 aliphatic carbocycles. The van der Waals surface area contributed by atoms with Crippen LogP contribution in [0.5, 0.6) is 5.75 Å². The van der Waals surface area contributed by atoms with E-state index >= 15 is 0 Å². The number of rotatable bonds is 8. The van der Waals surface area contributed by atoms with Crippen molar-refractivity contribution in [3.63, 3.8) is 0 Å². The second kappa shape index (κ2) is 9.26. The van der Waals surface area contributed by atoms with Crippen molar-refractivity contribution in [3.8, 4) is 5.75 Å². The minimum Gasteiger partial charge on any atom is -0.489 e. The van der Waals surface area contributed by atoms with E-state index in [9.17, 15) is 14.9 Å². The summed E-state index contributed by atoms with van der Waals surface area (Å²) in [7, 11) is 0. The fraction of sp³-hybridized carbons (Fsp3) is 0.300. The Balaban J connectivity index is 1.45. The van der Waals surface area contributed by atoms with Gasteiger partial charge in [0.15, 0.2) is 5.79 Å². The van der Waals surface area contributed by atoms with Gasteiger partial charge in [-0.25, -0.2) is 5.43 Å². The minimum atomic E-state index is -0.887. The molecular weight excluding hydrogens is 378 g/mol. The van der Waals surface area contributed by atoms with Gasteiger partial charge in [0.25, 0.3) is 5.69 Å². The molecule has 0 bridgehead atoms. The Hall–Kier alpha value is -3.30. The highest BCUT2D eigenvalue weighted by molar-refractivity contribution is 5.82. The summed E-state index contributed by atoms with van der Waals surface area (Å²) in [6, 6.07) is 13.3. The van der Waals surface area contributed by atoms with Crippen LogP contribution >= 0.6 is 0 Å². The Bertz CT molecular complexity index is 874. The van der Waals surface area contributed by atoms with E-state index < -0.39 is 10.7 Å². The van der Waals surface area contributed by atoms with Crippen LogP contribution in [0.15, 0.2) is 53.6 Å². The summed E-state index contributed by atoms with van der Waals surface area (Å²) < 4.78 is 16.4. The average Bonchev–Trinajstić information content (AvgIpc) is 3.13. The number of carbonyl (C=O) groups excluding carboxylic acids is 1. The second-order valence-electron chi connectivity index (χ2n) is 6.58. The van der Waals surface area contributed by atoms with Crippen LogP contribution in [-0.2, 0) is 20.9 Å². The zero-order chi connectivity index (χ0) is 20.7. The van der Waals surface area contributed by atoms with Gasteiger partial charge in [0.1, 0.15) is 12.4 Å². The van der Waals surface area contributed by atoms with Gasteiger partial charge in [-0.05, 0) is 54.4 Å². The van der Waals surface area contributed by atoms with E-state index in [0.29, 0.717) is 25.6 Å². The summed E-state index contributed by atoms with van der Waals surface area (Å²) in [6.45, 7) is 2.97. The molecule has 152 valence electrons. The third-order valence-corrected chi connectivity index (χ3v) is 4.22. The second-order valence-corrected chi connectivity index (χ2v) is 6.58. The van der Waals surface area contributed by atoms with Gasteiger partial charge < -0.3 is 14.2 Å². The summed E-state index contributed by atoms with van der Waals surface area (Å²) >= 11 is 0. The number of nitro benzene ring substituents is 1. The van der Waals surface area contributed by atoms with Gasteiger partial charge in [-0.15, -0.1) is 0 Å². The predicted octanol–water partition coefficient (Wildman–Crippen LogP) is 2.78. The van der Waals surface area contributed by atoms with Crippen LogP contribution in [0.4, 0.5) is 5.69 Å². The third-order valence-electron chi connectivity index (χ3n) is 4.22. The number of benzene rings is 2. The summed E-state index contributed by atoms with van der Waals surface area (Å²) in [5.41, 5.74) is 4.10. The van der Waals surface area contributed by atoms with Crippen LogP contribution in [0.3, 0.4) is 0 Å². The molecule has 1 heterocycles. The summed E-state index contributed by atoms with van der Waals surface area (Å²) in [5, 5.41) is 14.6. The Morgan fingerprint density at radius 1 is 1.21 bits per heavy atom. The Labute approximate surface area is 167 Å². The molecule has 3 rings (SSSR count). The van der Waals surface area contributed by atoms with Crippen molar-refractivity contribution in [2.24, 2.45) is 5.10 Å². The van der Waals surface area contributed by atoms with Gasteiger partial charge >= 0.3 is 0 Å². The van der Waals surface area contributed by atoms with Crippen molar-refractivity contribution >= 4 is 17.8 Å². The maximum absolute atomic E-state index is 11.9. The van der Waals surface area contributed by atoms with E-state index in [2.05, 4.69) is 10.5 Å². The number of nitrogens with one attached hydrogen (secondary N) is 1. The fourth-order valence-corrected chi connectivity index (χ4v) is 2.70. The van der Waals surface area contributed by atoms with Crippen molar-refractivity contribution in [3.05, 3.63) is 69.8 Å². The zero-order valence-electron chi connectivity index (χ0n) is 15.9. The number of ether oxygens (including phenoxy) is 3. The van der Waals surface area contributed by atoms with E-state index in [1.165, 1.54) is 18.3 Å². The molecule has 29 heavy (non-hydrogen) atoms. The molecule has 1 fully saturated rings. The molecule has 0 saturated carbocycles. The highest BCUT2D eigenvalue weighted by Crippen LogP contribution is 2.22. The molecular formula is C20H21N3O6. The summed E-state index contributed by atoms with van der Waals surface area (Å²) in [5.74, 6) is -0.538. The third kappa shape index (κ3) is 6.09. The van der Waals surface area contributed by atoms with Gasteiger partial charge in [-0.1, -0.05) is 0 Å². The molecule has 1 aliphatic heterocycles. The molecule has 9 heteroatoms. The van der Waals surface area contributed by atoms with Crippen molar-refractivity contribution < 1.29 is 23.9 Å². The zero-order valence-corrected chi connectivity index (χ0v) is 15.9. The first-order chi connectivity index (χ1) is 13.9. The normalized spacial score (nSPS) is 15.3. The number of carbonyl (C=O) groups is 1. The van der Waals surface area contributed by atoms with Crippen molar-refractivity contribution in [1.82, 2.24) is 5.43 Å². The molecule has 9 nitrogen and oxygen atoms in total. The number of hydrazone groups is 1. The molecule has 1 N–H and O–H groups in total. The number of hydrogen-bond donors (Lipinski definition) is 1. The number of nitrogens with zero attached hydrogens (tertiary/aromatic N) is 2. The SMILES string of the molecule is CC1(CC(=O)N/N=C/c2ccc(OCc3ccc([N+](=O)[O-])cc3)cc2)OCCO1. The van der Waals surface area contributed by atoms with E-state index in [1.54, 1.807) is 43.3 Å². The molecule has 0 atom stereocenters. The van der Waals surface area contributed by atoms with Gasteiger partial charge in [-0.3, -0.25) is 14.9 Å². The summed E-state index contributed by atoms with van der Waals surface area (Å²) in [4.78, 5) is 22.1. The molecule has 2 aromatic rings. The van der Waals surface area contributed by atoms with E-state index in [1.807, 2.05) is 0 Å². The van der Waals surface area contributed by atoms with Crippen LogP contribution < -0.4 is 10.2 Å². The lowest BCUT2D eigenvalue weighted by Gasteiger charge is -2.20. The molecule has 1 amide bonds. The molecule has 0 radical (unpaired) electrons. The summed E-state index contributed by atoms with van der Waals surface area (Å²) in [6.07, 6.45) is 1.59. The topological polar surface area (TPSA) is 112 Å². The van der Waals surface area contributed by atoms with Gasteiger partial charge in [0.2, 0.25) is 5.91 Å². The fourth-order valence-electron chi connectivity index (χ4n) is 2.70. The maximum atomic E-state index is 11.9. The highest BCUT2D eigenvalue weighted by Gasteiger charge is 2.33. The Kier molecular flexibility index (Phi) is 6.53. The van der Waals surface area contributed by atoms with Crippen molar-refractivity contribution in [2.75, 3.05) is 13.2 Å². The van der Waals surface area contributed by atoms with Crippen molar-refractivity contribution in [2.45, 2.75) is 25.7 Å². The molecule has 0 spiro atoms. The Morgan fingerprint density at radius 2 is 1.86 bits per heavy atom. The van der Waals surface area contributed by atoms with E-state index in [0.717, 1.165) is 11.1 Å². The molecule has 1 saturated heterocycles. The molecule has 2 aromatic carbocycles. The van der Waals surface area contributed by atoms with Crippen LogP contribution in [0.25, 0.3) is 0 Å². The van der Waals surface area contributed by atoms with Crippen LogP contribution in [0.2, 0.25) is 0 Å². The van der Waals surface area contributed by atoms with Gasteiger partial charge in [0.05, 0.1) is 30.8 Å². The first kappa shape index (κ1) is 20.4. The minimum absolute atomic E-state index is 0.0434. The number of non-ortho nitro benzene ring substituents is 1. The lowest BCUT2D eigenvalue weighted by Crippen LogP contribution is -2.33. The molecule has 0 aromatic heterocycles. The predicted molar refractivity (Wildman–Crippen MR) is 105 cm³/mol. The van der Waals surface area contributed by atoms with E-state index in [4.69, 9.17) is 14.2 Å². The lowest BCUT2D eigenvalue weighted by molar-refractivity contribution is -0.384. The van der Waals surface area contributed by atoms with Crippen LogP contribution in [0.1, 0.15) is 24.5 Å². The van der Waals surface area contributed by atoms with Gasteiger partial charge in [0, 0.05) is 12.1 Å². The first-order valence-corrected chi connectivity index (χ1v) is 9.00. The number of nitro groups is 1. The largest absolute Gasteiger partial charge is 0.489 e.